The average Bonchev–Trinajstić information content (AvgIpc) is 3.08. The Hall–Kier alpha value is -2.60. The number of oxazole rings is 1. The number of carbonyl (C=O) groups is 1. The highest BCUT2D eigenvalue weighted by Crippen LogP contribution is 2.25. The maximum Gasteiger partial charge on any atom is 0.329 e. The molecule has 1 saturated heterocycles. The molecule has 0 aliphatic carbocycles. The van der Waals surface area contributed by atoms with E-state index in [1.54, 1.807) is 24.3 Å². The minimum absolute atomic E-state index is 0.213. The molecular weight excluding hydrogens is 298 g/mol. The summed E-state index contributed by atoms with van der Waals surface area (Å²) in [4.78, 5) is 15.0. The van der Waals surface area contributed by atoms with Gasteiger partial charge in [-0.25, -0.2) is 9.78 Å². The number of hydrogen-bond donors (Lipinski definition) is 1. The molecule has 2 heterocycles. The number of aromatic nitrogens is 1. The fraction of sp³-hybridized carbons (Fsp3) is 0.294. The van der Waals surface area contributed by atoms with Crippen LogP contribution in [0, 0.1) is 0 Å². The lowest BCUT2D eigenvalue weighted by atomic mass is 10.1. The highest BCUT2D eigenvalue weighted by molar-refractivity contribution is 5.93. The van der Waals surface area contributed by atoms with E-state index in [1.807, 2.05) is 0 Å². The molecule has 3 rings (SSSR count). The molecule has 6 heteroatoms. The zero-order chi connectivity index (χ0) is 16.1. The number of ether oxygens (including phenoxy) is 2. The zero-order valence-corrected chi connectivity index (χ0v) is 12.5. The van der Waals surface area contributed by atoms with E-state index in [-0.39, 0.29) is 12.2 Å². The van der Waals surface area contributed by atoms with Gasteiger partial charge in [0.1, 0.15) is 12.0 Å². The van der Waals surface area contributed by atoms with Crippen molar-refractivity contribution < 1.29 is 23.8 Å². The highest BCUT2D eigenvalue weighted by Gasteiger charge is 2.16. The Kier molecular flexibility index (Phi) is 4.73. The van der Waals surface area contributed by atoms with Gasteiger partial charge in [0.2, 0.25) is 5.89 Å². The van der Waals surface area contributed by atoms with Gasteiger partial charge in [0, 0.05) is 12.5 Å². The van der Waals surface area contributed by atoms with Gasteiger partial charge in [-0.15, -0.1) is 0 Å². The molecule has 1 unspecified atom stereocenters. The molecule has 0 amide bonds. The highest BCUT2D eigenvalue weighted by atomic mass is 16.7. The van der Waals surface area contributed by atoms with Crippen molar-refractivity contribution in [1.29, 1.82) is 0 Å². The Morgan fingerprint density at radius 1 is 1.30 bits per heavy atom. The molecule has 6 nitrogen and oxygen atoms in total. The molecule has 1 aliphatic heterocycles. The van der Waals surface area contributed by atoms with Gasteiger partial charge in [0.15, 0.2) is 6.29 Å². The molecule has 0 bridgehead atoms. The Labute approximate surface area is 133 Å². The zero-order valence-electron chi connectivity index (χ0n) is 12.5. The van der Waals surface area contributed by atoms with Crippen molar-refractivity contribution >= 4 is 11.5 Å². The summed E-state index contributed by atoms with van der Waals surface area (Å²) in [6, 6.07) is 7.12. The van der Waals surface area contributed by atoms with Crippen LogP contribution in [-0.2, 0) is 9.53 Å². The number of aliphatic carboxylic acids is 1. The normalized spacial score (nSPS) is 18.6. The van der Waals surface area contributed by atoms with Gasteiger partial charge in [0.25, 0.3) is 0 Å². The monoisotopic (exact) mass is 315 g/mol. The van der Waals surface area contributed by atoms with E-state index in [9.17, 15) is 4.79 Å². The lowest BCUT2D eigenvalue weighted by Gasteiger charge is -2.23. The fourth-order valence-electron chi connectivity index (χ4n) is 2.42. The van der Waals surface area contributed by atoms with Gasteiger partial charge in [-0.2, -0.15) is 0 Å². The summed E-state index contributed by atoms with van der Waals surface area (Å²) in [5.41, 5.74) is 1.09. The van der Waals surface area contributed by atoms with Crippen LogP contribution in [0.1, 0.15) is 30.7 Å². The first-order valence-corrected chi connectivity index (χ1v) is 7.45. The summed E-state index contributed by atoms with van der Waals surface area (Å²) in [5, 5.41) is 9.03. The Morgan fingerprint density at radius 3 is 2.74 bits per heavy atom. The van der Waals surface area contributed by atoms with E-state index >= 15 is 0 Å². The third-order valence-electron chi connectivity index (χ3n) is 3.50. The van der Waals surface area contributed by atoms with Crippen LogP contribution < -0.4 is 4.74 Å². The minimum atomic E-state index is -1.06. The van der Waals surface area contributed by atoms with Gasteiger partial charge in [-0.05, 0) is 30.5 Å². The van der Waals surface area contributed by atoms with Crippen LogP contribution >= 0.6 is 0 Å². The number of nitrogens with zero attached hydrogens (tertiary/aromatic N) is 1. The van der Waals surface area contributed by atoms with Crippen LogP contribution in [0.2, 0.25) is 0 Å². The average molecular weight is 315 g/mol. The van der Waals surface area contributed by atoms with Crippen LogP contribution in [-0.4, -0.2) is 29.0 Å². The molecule has 1 aromatic heterocycles. The lowest BCUT2D eigenvalue weighted by molar-refractivity contribution is -0.131. The van der Waals surface area contributed by atoms with Crippen LogP contribution in [0.25, 0.3) is 5.57 Å². The Bertz CT molecular complexity index is 670. The molecule has 120 valence electrons. The van der Waals surface area contributed by atoms with E-state index < -0.39 is 5.97 Å². The van der Waals surface area contributed by atoms with Crippen molar-refractivity contribution in [3.8, 4) is 5.75 Å². The van der Waals surface area contributed by atoms with Crippen LogP contribution in [0.4, 0.5) is 0 Å². The molecule has 1 aliphatic rings. The van der Waals surface area contributed by atoms with E-state index in [0.717, 1.165) is 31.9 Å². The van der Waals surface area contributed by atoms with Gasteiger partial charge in [-0.1, -0.05) is 12.1 Å². The minimum Gasteiger partial charge on any atom is -0.478 e. The van der Waals surface area contributed by atoms with E-state index in [0.29, 0.717) is 16.9 Å². The summed E-state index contributed by atoms with van der Waals surface area (Å²) in [6.07, 6.45) is 6.78. The summed E-state index contributed by atoms with van der Waals surface area (Å²) in [6.45, 7) is 0.721. The molecule has 0 saturated carbocycles. The molecule has 2 aromatic rings. The van der Waals surface area contributed by atoms with Crippen molar-refractivity contribution in [2.24, 2.45) is 0 Å². The Balaban J connectivity index is 1.78. The largest absolute Gasteiger partial charge is 0.478 e. The third-order valence-corrected chi connectivity index (χ3v) is 3.50. The predicted molar refractivity (Wildman–Crippen MR) is 81.9 cm³/mol. The number of rotatable bonds is 5. The smallest absolute Gasteiger partial charge is 0.329 e. The number of hydrogen-bond acceptors (Lipinski definition) is 5. The van der Waals surface area contributed by atoms with Crippen LogP contribution in [0.3, 0.4) is 0 Å². The summed E-state index contributed by atoms with van der Waals surface area (Å²) >= 11 is 0. The number of benzene rings is 1. The molecule has 1 aromatic carbocycles. The van der Waals surface area contributed by atoms with Crippen molar-refractivity contribution in [2.75, 3.05) is 6.61 Å². The molecule has 1 N–H and O–H groups in total. The maximum absolute atomic E-state index is 11.0. The van der Waals surface area contributed by atoms with Gasteiger partial charge in [0.05, 0.1) is 18.4 Å². The molecular formula is C17H17NO5. The number of carboxylic acids is 1. The summed E-state index contributed by atoms with van der Waals surface area (Å²) in [5.74, 6) is -0.117. The van der Waals surface area contributed by atoms with Crippen molar-refractivity contribution in [2.45, 2.75) is 25.6 Å². The lowest BCUT2D eigenvalue weighted by Crippen LogP contribution is -2.24. The summed E-state index contributed by atoms with van der Waals surface area (Å²) < 4.78 is 16.5. The molecule has 0 radical (unpaired) electrons. The van der Waals surface area contributed by atoms with E-state index in [2.05, 4.69) is 4.98 Å². The van der Waals surface area contributed by atoms with Crippen molar-refractivity contribution in [3.63, 3.8) is 0 Å². The second-order valence-corrected chi connectivity index (χ2v) is 5.17. The topological polar surface area (TPSA) is 81.8 Å². The summed E-state index contributed by atoms with van der Waals surface area (Å²) in [7, 11) is 0. The first kappa shape index (κ1) is 15.3. The molecule has 1 fully saturated rings. The third kappa shape index (κ3) is 3.98. The SMILES string of the molecule is O=C(O)/C=C(\c1ccc(OC2CCCCO2)cc1)c1ncco1. The van der Waals surface area contributed by atoms with Gasteiger partial charge >= 0.3 is 5.97 Å². The van der Waals surface area contributed by atoms with Gasteiger partial charge in [-0.3, -0.25) is 0 Å². The maximum atomic E-state index is 11.0. The quantitative estimate of drug-likeness (QED) is 0.854. The van der Waals surface area contributed by atoms with Crippen LogP contribution in [0.5, 0.6) is 5.75 Å². The van der Waals surface area contributed by atoms with Gasteiger partial charge < -0.3 is 19.0 Å². The predicted octanol–water partition coefficient (Wildman–Crippen LogP) is 3.10. The second-order valence-electron chi connectivity index (χ2n) is 5.17. The molecule has 23 heavy (non-hydrogen) atoms. The van der Waals surface area contributed by atoms with E-state index in [1.165, 1.54) is 12.5 Å². The standard InChI is InChI=1S/C17H17NO5/c19-15(20)11-14(17-18-8-10-22-17)12-4-6-13(7-5-12)23-16-3-1-2-9-21-16/h4-8,10-11,16H,1-3,9H2,(H,19,20)/b14-11+. The Morgan fingerprint density at radius 2 is 2.13 bits per heavy atom. The molecule has 0 spiro atoms. The first-order chi connectivity index (χ1) is 11.2. The number of carboxylic acid groups (broad SMARTS) is 1. The first-order valence-electron chi connectivity index (χ1n) is 7.45. The van der Waals surface area contributed by atoms with Crippen molar-refractivity contribution in [3.05, 3.63) is 54.3 Å². The van der Waals surface area contributed by atoms with Crippen LogP contribution in [0.15, 0.2) is 47.2 Å². The molecule has 1 atom stereocenters. The van der Waals surface area contributed by atoms with Crippen molar-refractivity contribution in [1.82, 2.24) is 4.98 Å². The van der Waals surface area contributed by atoms with E-state index in [4.69, 9.17) is 19.0 Å². The second kappa shape index (κ2) is 7.11. The fourth-order valence-corrected chi connectivity index (χ4v) is 2.42.